The summed E-state index contributed by atoms with van der Waals surface area (Å²) in [6.45, 7) is 4.03. The Morgan fingerprint density at radius 1 is 1.00 bits per heavy atom. The Labute approximate surface area is 190 Å². The van der Waals surface area contributed by atoms with Crippen LogP contribution in [0.5, 0.6) is 5.75 Å². The predicted molar refractivity (Wildman–Crippen MR) is 126 cm³/mol. The van der Waals surface area contributed by atoms with Gasteiger partial charge in [0.15, 0.2) is 0 Å². The van der Waals surface area contributed by atoms with Crippen molar-refractivity contribution >= 4 is 34.7 Å². The molecule has 3 aromatic rings. The van der Waals surface area contributed by atoms with E-state index in [1.54, 1.807) is 48.6 Å². The van der Waals surface area contributed by atoms with Crippen LogP contribution in [0, 0.1) is 5.82 Å². The molecule has 2 amide bonds. The largest absolute Gasteiger partial charge is 0.489 e. The van der Waals surface area contributed by atoms with E-state index in [2.05, 4.69) is 6.58 Å². The van der Waals surface area contributed by atoms with Crippen LogP contribution in [-0.2, 0) is 17.8 Å². The lowest BCUT2D eigenvalue weighted by Crippen LogP contribution is -2.27. The fourth-order valence-corrected chi connectivity index (χ4v) is 4.19. The van der Waals surface area contributed by atoms with Crippen molar-refractivity contribution in [2.24, 2.45) is 0 Å². The molecule has 1 saturated heterocycles. The number of imide groups is 1. The molecule has 0 bridgehead atoms. The number of nitrogens with zero attached hydrogens (tertiary/aromatic N) is 1. The average Bonchev–Trinajstić information content (AvgIpc) is 3.07. The van der Waals surface area contributed by atoms with Gasteiger partial charge in [0.2, 0.25) is 0 Å². The van der Waals surface area contributed by atoms with E-state index in [1.165, 1.54) is 17.0 Å². The second-order valence-electron chi connectivity index (χ2n) is 7.13. The molecule has 0 aromatic heterocycles. The van der Waals surface area contributed by atoms with Gasteiger partial charge in [-0.3, -0.25) is 9.59 Å². The number of halogens is 1. The predicted octanol–water partition coefficient (Wildman–Crippen LogP) is 6.37. The molecule has 4 nitrogen and oxygen atoms in total. The third kappa shape index (κ3) is 4.81. The number of thioether (sulfide) groups is 1. The first-order chi connectivity index (χ1) is 15.5. The zero-order chi connectivity index (χ0) is 22.5. The second-order valence-corrected chi connectivity index (χ2v) is 8.12. The van der Waals surface area contributed by atoms with Gasteiger partial charge < -0.3 is 4.74 Å². The van der Waals surface area contributed by atoms with E-state index in [0.29, 0.717) is 22.8 Å². The molecular weight excluding hydrogens is 425 g/mol. The van der Waals surface area contributed by atoms with Crippen molar-refractivity contribution in [2.75, 3.05) is 4.90 Å². The number of carbonyl (C=O) groups excluding carboxylic acids is 2. The monoisotopic (exact) mass is 445 g/mol. The number of hydrogen-bond acceptors (Lipinski definition) is 4. The zero-order valence-electron chi connectivity index (χ0n) is 17.2. The van der Waals surface area contributed by atoms with Crippen LogP contribution in [0.4, 0.5) is 14.9 Å². The van der Waals surface area contributed by atoms with Crippen molar-refractivity contribution in [1.82, 2.24) is 0 Å². The molecule has 0 N–H and O–H groups in total. The van der Waals surface area contributed by atoms with E-state index in [-0.39, 0.29) is 23.6 Å². The normalized spacial score (nSPS) is 14.8. The fraction of sp³-hybridized carbons (Fsp3) is 0.0769. The van der Waals surface area contributed by atoms with Crippen LogP contribution in [0.25, 0.3) is 6.08 Å². The van der Waals surface area contributed by atoms with Gasteiger partial charge in [0.05, 0.1) is 10.6 Å². The van der Waals surface area contributed by atoms with E-state index >= 15 is 0 Å². The van der Waals surface area contributed by atoms with E-state index in [4.69, 9.17) is 4.74 Å². The third-order valence-corrected chi connectivity index (χ3v) is 5.71. The summed E-state index contributed by atoms with van der Waals surface area (Å²) in [6, 6.07) is 20.7. The number of hydrogen-bond donors (Lipinski definition) is 0. The van der Waals surface area contributed by atoms with E-state index < -0.39 is 0 Å². The minimum atomic E-state index is -0.345. The van der Waals surface area contributed by atoms with E-state index in [0.717, 1.165) is 28.5 Å². The van der Waals surface area contributed by atoms with Gasteiger partial charge in [-0.05, 0) is 77.3 Å². The minimum absolute atomic E-state index is 0.233. The Bertz CT molecular complexity index is 1210. The first kappa shape index (κ1) is 21.6. The molecule has 1 aliphatic rings. The minimum Gasteiger partial charge on any atom is -0.489 e. The van der Waals surface area contributed by atoms with Crippen molar-refractivity contribution in [2.45, 2.75) is 13.0 Å². The Hall–Kier alpha value is -3.64. The molecule has 4 rings (SSSR count). The maximum absolute atomic E-state index is 13.4. The molecule has 0 saturated carbocycles. The number of amides is 2. The highest BCUT2D eigenvalue weighted by Crippen LogP contribution is 2.36. The molecular formula is C26H20FNO3S. The molecule has 0 aliphatic carbocycles. The van der Waals surface area contributed by atoms with Gasteiger partial charge in [-0.25, -0.2) is 9.29 Å². The smallest absolute Gasteiger partial charge is 0.298 e. The van der Waals surface area contributed by atoms with Crippen LogP contribution < -0.4 is 9.64 Å². The maximum atomic E-state index is 13.4. The quantitative estimate of drug-likeness (QED) is 0.313. The van der Waals surface area contributed by atoms with Gasteiger partial charge in [0.1, 0.15) is 18.2 Å². The van der Waals surface area contributed by atoms with Gasteiger partial charge in [-0.1, -0.05) is 42.5 Å². The summed E-state index contributed by atoms with van der Waals surface area (Å²) >= 11 is 0.915. The first-order valence-corrected chi connectivity index (χ1v) is 10.8. The Morgan fingerprint density at radius 2 is 1.81 bits per heavy atom. The number of rotatable bonds is 7. The van der Waals surface area contributed by atoms with Crippen molar-refractivity contribution in [1.29, 1.82) is 0 Å². The number of anilines is 1. The third-order valence-electron chi connectivity index (χ3n) is 4.84. The number of benzene rings is 3. The summed E-state index contributed by atoms with van der Waals surface area (Å²) in [5.74, 6) is 0.00353. The molecule has 3 aromatic carbocycles. The molecule has 32 heavy (non-hydrogen) atoms. The summed E-state index contributed by atoms with van der Waals surface area (Å²) < 4.78 is 19.3. The Balaban J connectivity index is 1.55. The SMILES string of the molecule is C=CCc1cc(/C=C2\SC(=O)N(c3ccccc3)C2=O)ccc1OCc1cccc(F)c1. The summed E-state index contributed by atoms with van der Waals surface area (Å²) in [5, 5.41) is -0.325. The van der Waals surface area contributed by atoms with Crippen LogP contribution in [0.3, 0.4) is 0 Å². The molecule has 0 spiro atoms. The number of carbonyl (C=O) groups is 2. The highest BCUT2D eigenvalue weighted by atomic mass is 32.2. The van der Waals surface area contributed by atoms with Crippen molar-refractivity contribution < 1.29 is 18.7 Å². The lowest BCUT2D eigenvalue weighted by molar-refractivity contribution is -0.113. The van der Waals surface area contributed by atoms with Gasteiger partial charge in [0, 0.05) is 0 Å². The van der Waals surface area contributed by atoms with Crippen molar-refractivity contribution in [3.8, 4) is 5.75 Å². The van der Waals surface area contributed by atoms with Gasteiger partial charge in [-0.15, -0.1) is 6.58 Å². The van der Waals surface area contributed by atoms with Gasteiger partial charge in [0.25, 0.3) is 11.1 Å². The molecule has 6 heteroatoms. The second kappa shape index (κ2) is 9.66. The fourth-order valence-electron chi connectivity index (χ4n) is 3.35. The first-order valence-electron chi connectivity index (χ1n) is 9.99. The maximum Gasteiger partial charge on any atom is 0.298 e. The lowest BCUT2D eigenvalue weighted by atomic mass is 10.1. The Kier molecular flexibility index (Phi) is 6.52. The number of para-hydroxylation sites is 1. The van der Waals surface area contributed by atoms with Crippen LogP contribution in [0.1, 0.15) is 16.7 Å². The van der Waals surface area contributed by atoms with Gasteiger partial charge >= 0.3 is 0 Å². The topological polar surface area (TPSA) is 46.6 Å². The molecule has 1 fully saturated rings. The molecule has 1 heterocycles. The highest BCUT2D eigenvalue weighted by molar-refractivity contribution is 8.19. The van der Waals surface area contributed by atoms with E-state index in [9.17, 15) is 14.0 Å². The highest BCUT2D eigenvalue weighted by Gasteiger charge is 2.36. The number of ether oxygens (including phenoxy) is 1. The number of allylic oxidation sites excluding steroid dienone is 1. The summed E-state index contributed by atoms with van der Waals surface area (Å²) in [7, 11) is 0. The van der Waals surface area contributed by atoms with Crippen LogP contribution in [0.2, 0.25) is 0 Å². The molecule has 1 aliphatic heterocycles. The molecule has 160 valence electrons. The summed E-state index contributed by atoms with van der Waals surface area (Å²) in [5.41, 5.74) is 2.94. The van der Waals surface area contributed by atoms with Crippen molar-refractivity contribution in [3.63, 3.8) is 0 Å². The van der Waals surface area contributed by atoms with Crippen LogP contribution >= 0.6 is 11.8 Å². The zero-order valence-corrected chi connectivity index (χ0v) is 18.0. The summed E-state index contributed by atoms with van der Waals surface area (Å²) in [6.07, 6.45) is 4.03. The molecule has 0 radical (unpaired) electrons. The van der Waals surface area contributed by atoms with Crippen LogP contribution in [-0.4, -0.2) is 11.1 Å². The Morgan fingerprint density at radius 3 is 2.56 bits per heavy atom. The van der Waals surface area contributed by atoms with Gasteiger partial charge in [-0.2, -0.15) is 0 Å². The lowest BCUT2D eigenvalue weighted by Gasteiger charge is -2.12. The van der Waals surface area contributed by atoms with E-state index in [1.807, 2.05) is 24.3 Å². The standard InChI is InChI=1S/C26H20FNO3S/c1-2-7-20-14-18(12-13-23(20)31-17-19-8-6-9-21(27)15-19)16-24-25(29)28(26(30)32-24)22-10-4-3-5-11-22/h2-6,8-16H,1,7,17H2/b24-16-. The molecule has 0 atom stereocenters. The van der Waals surface area contributed by atoms with Crippen LogP contribution in [0.15, 0.2) is 90.4 Å². The average molecular weight is 446 g/mol. The van der Waals surface area contributed by atoms with Crippen molar-refractivity contribution in [3.05, 3.63) is 113 Å². The molecule has 0 unspecified atom stereocenters. The summed E-state index contributed by atoms with van der Waals surface area (Å²) in [4.78, 5) is 26.8.